The second-order valence-corrected chi connectivity index (χ2v) is 16.7. The number of thiol groups is 2. The molecular formula is C43H61N9O13S2. The Morgan fingerprint density at radius 1 is 0.627 bits per heavy atom. The highest BCUT2D eigenvalue weighted by atomic mass is 32.1. The van der Waals surface area contributed by atoms with Gasteiger partial charge in [0.05, 0.1) is 24.9 Å². The molecule has 1 aliphatic heterocycles. The number of nitrogens with zero attached hydrogens (tertiary/aromatic N) is 1. The quantitative estimate of drug-likeness (QED) is 0.0421. The van der Waals surface area contributed by atoms with E-state index in [-0.39, 0.29) is 37.3 Å². The first-order valence-corrected chi connectivity index (χ1v) is 22.7. The fourth-order valence-electron chi connectivity index (χ4n) is 6.85. The third kappa shape index (κ3) is 16.8. The van der Waals surface area contributed by atoms with Gasteiger partial charge in [0.25, 0.3) is 0 Å². The number of nitrogens with two attached hydrogens (primary N) is 1. The van der Waals surface area contributed by atoms with E-state index in [9.17, 15) is 63.6 Å². The van der Waals surface area contributed by atoms with Crippen LogP contribution in [0.15, 0.2) is 60.7 Å². The summed E-state index contributed by atoms with van der Waals surface area (Å²) in [5.41, 5.74) is 7.04. The van der Waals surface area contributed by atoms with E-state index in [0.29, 0.717) is 17.5 Å². The number of hydrogen-bond donors (Lipinski definition) is 14. The van der Waals surface area contributed by atoms with Crippen molar-refractivity contribution in [1.29, 1.82) is 0 Å². The van der Waals surface area contributed by atoms with Gasteiger partial charge >= 0.3 is 5.97 Å². The number of hydrogen-bond acceptors (Lipinski definition) is 15. The Labute approximate surface area is 398 Å². The van der Waals surface area contributed by atoms with Crippen LogP contribution in [0.2, 0.25) is 0 Å². The molecule has 24 heteroatoms. The van der Waals surface area contributed by atoms with E-state index in [1.54, 1.807) is 60.7 Å². The van der Waals surface area contributed by atoms with Crippen LogP contribution in [0.3, 0.4) is 0 Å². The van der Waals surface area contributed by atoms with Crippen molar-refractivity contribution < 1.29 is 63.6 Å². The van der Waals surface area contributed by atoms with Gasteiger partial charge in [-0.2, -0.15) is 25.3 Å². The zero-order valence-electron chi connectivity index (χ0n) is 37.2. The van der Waals surface area contributed by atoms with Crippen molar-refractivity contribution in [3.05, 3.63) is 71.8 Å². The fraction of sp³-hybridized carbons (Fsp3) is 0.512. The lowest BCUT2D eigenvalue weighted by molar-refractivity contribution is -0.145. The van der Waals surface area contributed by atoms with Crippen molar-refractivity contribution >= 4 is 78.5 Å². The summed E-state index contributed by atoms with van der Waals surface area (Å²) in [6.07, 6.45) is -2.83. The second-order valence-electron chi connectivity index (χ2n) is 16.0. The molecule has 0 bridgehead atoms. The molecule has 0 aliphatic carbocycles. The molecule has 0 aromatic heterocycles. The summed E-state index contributed by atoms with van der Waals surface area (Å²) in [6, 6.07) is 4.38. The Balaban J connectivity index is 1.74. The molecule has 67 heavy (non-hydrogen) atoms. The van der Waals surface area contributed by atoms with Crippen LogP contribution in [-0.2, 0) is 56.0 Å². The topological polar surface area (TPSA) is 348 Å². The van der Waals surface area contributed by atoms with Gasteiger partial charge in [0, 0.05) is 30.9 Å². The SMILES string of the molecule is C[C@H](NC(=O)[C@@H]1CCCN1C(=O)[C@@H](NC(=O)[C@@H](NC(=O)[C@H](Cc1ccccc1)NC(=O)[C@@H](N)CS)[C@@H](C)O)[C@@H](C)O)C(=O)N[C@@H](Cc1ccccc1)C(=O)N[C@@H](CO)C(=O)N[C@@H](CS)C(=O)O. The average molecular weight is 976 g/mol. The van der Waals surface area contributed by atoms with Crippen LogP contribution in [0.5, 0.6) is 0 Å². The van der Waals surface area contributed by atoms with Crippen molar-refractivity contribution in [2.45, 2.75) is 113 Å². The molecule has 0 radical (unpaired) electrons. The van der Waals surface area contributed by atoms with Gasteiger partial charge < -0.3 is 68.3 Å². The average Bonchev–Trinajstić information content (AvgIpc) is 3.80. The third-order valence-corrected chi connectivity index (χ3v) is 11.4. The van der Waals surface area contributed by atoms with E-state index < -0.39 is 126 Å². The number of likely N-dealkylation sites (tertiary alicyclic amines) is 1. The molecule has 1 saturated heterocycles. The Morgan fingerprint density at radius 2 is 1.09 bits per heavy atom. The molecule has 2 aromatic rings. The van der Waals surface area contributed by atoms with E-state index in [1.807, 2.05) is 0 Å². The van der Waals surface area contributed by atoms with E-state index in [4.69, 9.17) is 5.73 Å². The molecule has 8 amide bonds. The Bertz CT molecular complexity index is 2040. The lowest BCUT2D eigenvalue weighted by Crippen LogP contribution is -2.63. The number of aliphatic hydroxyl groups is 3. The van der Waals surface area contributed by atoms with Crippen LogP contribution in [-0.4, -0.2) is 170 Å². The number of carboxylic acids is 1. The number of amides is 8. The minimum atomic E-state index is -1.70. The van der Waals surface area contributed by atoms with Gasteiger partial charge in [-0.25, -0.2) is 4.79 Å². The van der Waals surface area contributed by atoms with Crippen molar-refractivity contribution in [3.63, 3.8) is 0 Å². The highest BCUT2D eigenvalue weighted by molar-refractivity contribution is 7.80. The maximum Gasteiger partial charge on any atom is 0.327 e. The van der Waals surface area contributed by atoms with E-state index in [2.05, 4.69) is 62.5 Å². The van der Waals surface area contributed by atoms with Gasteiger partial charge in [0.2, 0.25) is 47.3 Å². The predicted molar refractivity (Wildman–Crippen MR) is 248 cm³/mol. The molecule has 22 nitrogen and oxygen atoms in total. The second kappa shape index (κ2) is 27.1. The number of nitrogens with one attached hydrogen (secondary N) is 7. The summed E-state index contributed by atoms with van der Waals surface area (Å²) >= 11 is 7.92. The monoisotopic (exact) mass is 975 g/mol. The molecular weight excluding hydrogens is 915 g/mol. The van der Waals surface area contributed by atoms with Crippen molar-refractivity contribution in [2.75, 3.05) is 24.7 Å². The zero-order valence-corrected chi connectivity index (χ0v) is 39.0. The number of rotatable bonds is 25. The van der Waals surface area contributed by atoms with Gasteiger partial charge in [0.1, 0.15) is 48.3 Å². The first kappa shape index (κ1) is 55.5. The molecule has 368 valence electrons. The molecule has 1 fully saturated rings. The van der Waals surface area contributed by atoms with Crippen molar-refractivity contribution in [3.8, 4) is 0 Å². The first-order valence-electron chi connectivity index (χ1n) is 21.4. The number of carbonyl (C=O) groups is 9. The summed E-state index contributed by atoms with van der Waals surface area (Å²) < 4.78 is 0. The lowest BCUT2D eigenvalue weighted by atomic mass is 10.0. The molecule has 3 rings (SSSR count). The first-order chi connectivity index (χ1) is 31.7. The van der Waals surface area contributed by atoms with Crippen LogP contribution in [0.1, 0.15) is 44.7 Å². The molecule has 0 spiro atoms. The molecule has 13 N–H and O–H groups in total. The third-order valence-electron chi connectivity index (χ3n) is 10.7. The number of carboxylic acid groups (broad SMARTS) is 1. The summed E-state index contributed by atoms with van der Waals surface area (Å²) in [6.45, 7) is 2.80. The Hall–Kier alpha value is -5.79. The van der Waals surface area contributed by atoms with E-state index in [0.717, 1.165) is 4.90 Å². The normalized spacial score (nSPS) is 17.9. The standard InChI is InChI=1S/C43H61N9O13S2/c1-22(35(56)46-28(17-25-11-6-4-7-12-25)37(58)48-30(19-53)39(60)49-31(21-67)43(64)65)45-40(61)32-15-10-16-52(32)42(63)34(24(3)55)51-41(62)33(23(2)54)50-38(59)29(47-36(57)27(44)20-66)18-26-13-8-5-9-14-26/h4-9,11-14,22-24,27-34,53-55,66-67H,10,15-21,44H2,1-3H3,(H,45,61)(H,46,56)(H,47,57)(H,48,58)(H,49,60)(H,50,59)(H,51,62)(H,64,65)/t22-,23+,24+,27-,28-,29-,30-,31-,32-,33-,34-/m0/s1. The van der Waals surface area contributed by atoms with E-state index >= 15 is 0 Å². The zero-order chi connectivity index (χ0) is 50.0. The molecule has 0 saturated carbocycles. The minimum absolute atomic E-state index is 0.00255. The summed E-state index contributed by atoms with van der Waals surface area (Å²) in [7, 11) is 0. The maximum atomic E-state index is 14.0. The van der Waals surface area contributed by atoms with Crippen LogP contribution in [0, 0.1) is 0 Å². The largest absolute Gasteiger partial charge is 0.480 e. The summed E-state index contributed by atoms with van der Waals surface area (Å²) in [5.74, 6) is -8.85. The number of carbonyl (C=O) groups excluding carboxylic acids is 8. The van der Waals surface area contributed by atoms with Crippen molar-refractivity contribution in [2.24, 2.45) is 5.73 Å². The number of benzene rings is 2. The maximum absolute atomic E-state index is 14.0. The van der Waals surface area contributed by atoms with Crippen LogP contribution < -0.4 is 43.0 Å². The minimum Gasteiger partial charge on any atom is -0.480 e. The van der Waals surface area contributed by atoms with Crippen LogP contribution in [0.4, 0.5) is 0 Å². The smallest absolute Gasteiger partial charge is 0.327 e. The molecule has 2 aromatic carbocycles. The highest BCUT2D eigenvalue weighted by Crippen LogP contribution is 2.20. The Morgan fingerprint density at radius 3 is 1.57 bits per heavy atom. The van der Waals surface area contributed by atoms with Crippen LogP contribution >= 0.6 is 25.3 Å². The van der Waals surface area contributed by atoms with Gasteiger partial charge in [-0.15, -0.1) is 0 Å². The van der Waals surface area contributed by atoms with Crippen molar-refractivity contribution in [1.82, 2.24) is 42.1 Å². The van der Waals surface area contributed by atoms with Gasteiger partial charge in [-0.1, -0.05) is 60.7 Å². The Kier molecular flexibility index (Phi) is 22.5. The van der Waals surface area contributed by atoms with Gasteiger partial charge in [0.15, 0.2) is 0 Å². The van der Waals surface area contributed by atoms with Gasteiger partial charge in [-0.05, 0) is 44.7 Å². The van der Waals surface area contributed by atoms with Crippen LogP contribution in [0.25, 0.3) is 0 Å². The molecule has 11 atom stereocenters. The lowest BCUT2D eigenvalue weighted by Gasteiger charge is -2.32. The molecule has 0 unspecified atom stereocenters. The number of aliphatic hydroxyl groups excluding tert-OH is 3. The molecule has 1 aliphatic rings. The summed E-state index contributed by atoms with van der Waals surface area (Å²) in [4.78, 5) is 120. The highest BCUT2D eigenvalue weighted by Gasteiger charge is 2.42. The van der Waals surface area contributed by atoms with E-state index in [1.165, 1.54) is 20.8 Å². The number of aliphatic carboxylic acids is 1. The predicted octanol–water partition coefficient (Wildman–Crippen LogP) is -4.10. The summed E-state index contributed by atoms with van der Waals surface area (Å²) in [5, 5.41) is 57.4. The van der Waals surface area contributed by atoms with Gasteiger partial charge in [-0.3, -0.25) is 38.4 Å². The molecule has 1 heterocycles. The fourth-order valence-corrected chi connectivity index (χ4v) is 7.26.